The molecule has 1 heterocycles. The molecular weight excluding hydrogens is 186 g/mol. The van der Waals surface area contributed by atoms with E-state index in [2.05, 4.69) is 28.6 Å². The van der Waals surface area contributed by atoms with Gasteiger partial charge in [0.25, 0.3) is 0 Å². The summed E-state index contributed by atoms with van der Waals surface area (Å²) in [7, 11) is 1.97. The highest BCUT2D eigenvalue weighted by molar-refractivity contribution is 7.09. The van der Waals surface area contributed by atoms with Gasteiger partial charge in [-0.15, -0.1) is 0 Å². The van der Waals surface area contributed by atoms with Gasteiger partial charge in [-0.3, -0.25) is 0 Å². The van der Waals surface area contributed by atoms with Crippen LogP contribution in [0.4, 0.5) is 5.13 Å². The average molecular weight is 201 g/mol. The fourth-order valence-corrected chi connectivity index (χ4v) is 1.47. The number of rotatable bonds is 4. The molecule has 0 atom stereocenters. The maximum absolute atomic E-state index is 5.63. The highest BCUT2D eigenvalue weighted by Gasteiger charge is 2.19. The van der Waals surface area contributed by atoms with Crippen LogP contribution in [0, 0.1) is 5.41 Å². The topological polar surface area (TPSA) is 67.9 Å². The van der Waals surface area contributed by atoms with Crippen molar-refractivity contribution in [1.29, 1.82) is 0 Å². The van der Waals surface area contributed by atoms with Crippen molar-refractivity contribution < 1.29 is 0 Å². The Kier molecular flexibility index (Phi) is 3.16. The Bertz CT molecular complexity index is 245. The zero-order valence-corrected chi connectivity index (χ0v) is 9.01. The van der Waals surface area contributed by atoms with E-state index < -0.39 is 0 Å². The third-order valence-electron chi connectivity index (χ3n) is 1.83. The van der Waals surface area contributed by atoms with Crippen molar-refractivity contribution in [2.45, 2.75) is 13.8 Å². The first kappa shape index (κ1) is 10.3. The Morgan fingerprint density at radius 3 is 2.69 bits per heavy atom. The maximum atomic E-state index is 5.63. The molecule has 0 amide bonds. The van der Waals surface area contributed by atoms with Crippen molar-refractivity contribution in [3.63, 3.8) is 0 Å². The molecule has 0 bridgehead atoms. The van der Waals surface area contributed by atoms with E-state index in [1.54, 1.807) is 0 Å². The van der Waals surface area contributed by atoms with Gasteiger partial charge in [-0.2, -0.15) is 0 Å². The molecule has 0 saturated heterocycles. The Labute approximate surface area is 82.1 Å². The van der Waals surface area contributed by atoms with Crippen molar-refractivity contribution in [2.24, 2.45) is 11.1 Å². The Balaban J connectivity index is 2.56. The number of hydrogen-bond acceptors (Lipinski definition) is 6. The number of nitrogens with zero attached hydrogens (tertiary/aromatic N) is 4. The molecule has 0 radical (unpaired) electrons. The number of aromatic nitrogens is 3. The highest BCUT2D eigenvalue weighted by atomic mass is 32.1. The van der Waals surface area contributed by atoms with Crippen LogP contribution in [-0.4, -0.2) is 34.9 Å². The SMILES string of the molecule is CN(CC(C)(C)CN)c1nnns1. The fourth-order valence-electron chi connectivity index (χ4n) is 1.05. The smallest absolute Gasteiger partial charge is 0.227 e. The van der Waals surface area contributed by atoms with Crippen LogP contribution in [0.15, 0.2) is 0 Å². The van der Waals surface area contributed by atoms with E-state index in [1.165, 1.54) is 11.5 Å². The zero-order chi connectivity index (χ0) is 9.90. The zero-order valence-electron chi connectivity index (χ0n) is 8.19. The lowest BCUT2D eigenvalue weighted by Gasteiger charge is -2.27. The molecule has 0 aliphatic rings. The number of anilines is 1. The van der Waals surface area contributed by atoms with Gasteiger partial charge in [-0.25, -0.2) is 0 Å². The lowest BCUT2D eigenvalue weighted by atomic mass is 9.93. The van der Waals surface area contributed by atoms with Gasteiger partial charge in [0.05, 0.1) is 0 Å². The van der Waals surface area contributed by atoms with Crippen LogP contribution in [0.3, 0.4) is 0 Å². The highest BCUT2D eigenvalue weighted by Crippen LogP contribution is 2.19. The first-order chi connectivity index (χ1) is 6.05. The van der Waals surface area contributed by atoms with E-state index in [4.69, 9.17) is 5.73 Å². The van der Waals surface area contributed by atoms with Crippen LogP contribution < -0.4 is 10.6 Å². The lowest BCUT2D eigenvalue weighted by molar-refractivity contribution is 0.385. The normalized spacial score (nSPS) is 11.7. The van der Waals surface area contributed by atoms with Crippen LogP contribution >= 0.6 is 11.5 Å². The summed E-state index contributed by atoms with van der Waals surface area (Å²) < 4.78 is 3.71. The summed E-state index contributed by atoms with van der Waals surface area (Å²) in [5.74, 6) is 0. The van der Waals surface area contributed by atoms with Gasteiger partial charge in [-0.05, 0) is 17.2 Å². The summed E-state index contributed by atoms with van der Waals surface area (Å²) in [4.78, 5) is 2.03. The van der Waals surface area contributed by atoms with Gasteiger partial charge in [0.1, 0.15) is 0 Å². The predicted molar refractivity (Wildman–Crippen MR) is 53.8 cm³/mol. The minimum absolute atomic E-state index is 0.0976. The molecule has 2 N–H and O–H groups in total. The molecule has 0 spiro atoms. The summed E-state index contributed by atoms with van der Waals surface area (Å²) in [6, 6.07) is 0. The quantitative estimate of drug-likeness (QED) is 0.761. The molecule has 5 nitrogen and oxygen atoms in total. The van der Waals surface area contributed by atoms with E-state index in [-0.39, 0.29) is 5.41 Å². The van der Waals surface area contributed by atoms with E-state index in [1.807, 2.05) is 11.9 Å². The first-order valence-corrected chi connectivity index (χ1v) is 4.89. The van der Waals surface area contributed by atoms with Crippen molar-refractivity contribution >= 4 is 16.7 Å². The fraction of sp³-hybridized carbons (Fsp3) is 0.857. The standard InChI is InChI=1S/C7H15N5S/c1-7(2,4-8)5-12(3)6-9-10-11-13-6/h4-5,8H2,1-3H3. The molecule has 1 aromatic rings. The van der Waals surface area contributed by atoms with Gasteiger partial charge >= 0.3 is 0 Å². The molecule has 1 rings (SSSR count). The van der Waals surface area contributed by atoms with E-state index >= 15 is 0 Å². The third-order valence-corrected chi connectivity index (χ3v) is 2.54. The minimum atomic E-state index is 0.0976. The molecule has 0 unspecified atom stereocenters. The van der Waals surface area contributed by atoms with Crippen LogP contribution in [0.2, 0.25) is 0 Å². The maximum Gasteiger partial charge on any atom is 0.227 e. The van der Waals surface area contributed by atoms with Crippen LogP contribution in [-0.2, 0) is 0 Å². The van der Waals surface area contributed by atoms with Crippen LogP contribution in [0.25, 0.3) is 0 Å². The largest absolute Gasteiger partial charge is 0.348 e. The molecule has 74 valence electrons. The Morgan fingerprint density at radius 1 is 1.54 bits per heavy atom. The lowest BCUT2D eigenvalue weighted by Crippen LogP contribution is -2.36. The molecule has 0 aromatic carbocycles. The average Bonchev–Trinajstić information content (AvgIpc) is 2.55. The number of hydrogen-bond donors (Lipinski definition) is 1. The monoisotopic (exact) mass is 201 g/mol. The Morgan fingerprint density at radius 2 is 2.23 bits per heavy atom. The predicted octanol–water partition coefficient (Wildman–Crippen LogP) is 0.354. The van der Waals surface area contributed by atoms with Crippen LogP contribution in [0.5, 0.6) is 0 Å². The second-order valence-corrected chi connectivity index (χ2v) is 4.58. The summed E-state index contributed by atoms with van der Waals surface area (Å²) in [6.07, 6.45) is 0. The van der Waals surface area contributed by atoms with Gasteiger partial charge in [0.2, 0.25) is 5.13 Å². The van der Waals surface area contributed by atoms with Gasteiger partial charge < -0.3 is 10.6 Å². The minimum Gasteiger partial charge on any atom is -0.348 e. The molecule has 13 heavy (non-hydrogen) atoms. The molecule has 0 saturated carbocycles. The van der Waals surface area contributed by atoms with Gasteiger partial charge in [0.15, 0.2) is 0 Å². The molecule has 0 aliphatic heterocycles. The van der Waals surface area contributed by atoms with Crippen LogP contribution in [0.1, 0.15) is 13.8 Å². The van der Waals surface area contributed by atoms with Crippen molar-refractivity contribution in [1.82, 2.24) is 14.8 Å². The summed E-state index contributed by atoms with van der Waals surface area (Å²) >= 11 is 1.30. The summed E-state index contributed by atoms with van der Waals surface area (Å²) in [6.45, 7) is 5.76. The van der Waals surface area contributed by atoms with Gasteiger partial charge in [-0.1, -0.05) is 23.4 Å². The first-order valence-electron chi connectivity index (χ1n) is 4.11. The van der Waals surface area contributed by atoms with E-state index in [0.717, 1.165) is 11.7 Å². The van der Waals surface area contributed by atoms with Gasteiger partial charge in [0, 0.05) is 25.1 Å². The third kappa shape index (κ3) is 2.89. The molecule has 6 heteroatoms. The van der Waals surface area contributed by atoms with E-state index in [0.29, 0.717) is 6.54 Å². The molecule has 0 aliphatic carbocycles. The summed E-state index contributed by atoms with van der Waals surface area (Å²) in [5.41, 5.74) is 5.73. The Hall–Kier alpha value is -0.750. The second kappa shape index (κ2) is 3.97. The van der Waals surface area contributed by atoms with Crippen molar-refractivity contribution in [3.05, 3.63) is 0 Å². The molecule has 1 aromatic heterocycles. The van der Waals surface area contributed by atoms with Crippen molar-refractivity contribution in [2.75, 3.05) is 25.0 Å². The molecular formula is C7H15N5S. The van der Waals surface area contributed by atoms with Crippen molar-refractivity contribution in [3.8, 4) is 0 Å². The number of nitrogens with two attached hydrogens (primary N) is 1. The summed E-state index contributed by atoms with van der Waals surface area (Å²) in [5, 5.41) is 8.26. The second-order valence-electron chi connectivity index (χ2n) is 3.87. The molecule has 0 fully saturated rings. The van der Waals surface area contributed by atoms with E-state index in [9.17, 15) is 0 Å².